The maximum Gasteiger partial charge on any atom is 0.274 e. The van der Waals surface area contributed by atoms with Gasteiger partial charge in [0.1, 0.15) is 17.8 Å². The number of nitrogens with one attached hydrogen (secondary N) is 2. The average molecular weight is 360 g/mol. The summed E-state index contributed by atoms with van der Waals surface area (Å²) in [5, 5.41) is 5.94. The molecule has 0 spiro atoms. The van der Waals surface area contributed by atoms with Crippen molar-refractivity contribution in [2.24, 2.45) is 0 Å². The number of hydrogen-bond donors (Lipinski definition) is 2. The van der Waals surface area contributed by atoms with Crippen molar-refractivity contribution >= 4 is 27.2 Å². The lowest BCUT2D eigenvalue weighted by atomic mass is 10.1. The molecule has 1 amide bonds. The molecule has 1 aromatic heterocycles. The molecule has 132 valence electrons. The molecule has 0 bridgehead atoms. The molecule has 1 unspecified atom stereocenters. The van der Waals surface area contributed by atoms with Crippen LogP contribution in [0.1, 0.15) is 28.0 Å². The molecule has 2 heterocycles. The Morgan fingerprint density at radius 2 is 1.92 bits per heavy atom. The fourth-order valence-corrected chi connectivity index (χ4v) is 4.54. The molecular formula is C17H20N4O3S. The van der Waals surface area contributed by atoms with Gasteiger partial charge in [-0.15, -0.1) is 0 Å². The number of hydrogen-bond acceptors (Lipinski definition) is 6. The third kappa shape index (κ3) is 4.14. The highest BCUT2D eigenvalue weighted by atomic mass is 32.2. The van der Waals surface area contributed by atoms with Crippen molar-refractivity contribution in [1.29, 1.82) is 0 Å². The van der Waals surface area contributed by atoms with E-state index in [0.29, 0.717) is 12.2 Å². The number of sulfone groups is 1. The quantitative estimate of drug-likeness (QED) is 0.864. The normalized spacial score (nSPS) is 18.7. The van der Waals surface area contributed by atoms with Crippen molar-refractivity contribution in [3.8, 4) is 0 Å². The van der Waals surface area contributed by atoms with Crippen LogP contribution in [0.4, 0.5) is 11.5 Å². The highest BCUT2D eigenvalue weighted by Gasteiger charge is 2.28. The van der Waals surface area contributed by atoms with E-state index in [0.717, 1.165) is 16.8 Å². The second kappa shape index (κ2) is 6.79. The van der Waals surface area contributed by atoms with Gasteiger partial charge in [0.2, 0.25) is 0 Å². The van der Waals surface area contributed by atoms with Crippen LogP contribution in [-0.4, -0.2) is 41.8 Å². The summed E-state index contributed by atoms with van der Waals surface area (Å²) in [5.41, 5.74) is 2.93. The Morgan fingerprint density at radius 1 is 1.20 bits per heavy atom. The van der Waals surface area contributed by atoms with E-state index in [1.54, 1.807) is 0 Å². The van der Waals surface area contributed by atoms with E-state index in [-0.39, 0.29) is 29.1 Å². The maximum atomic E-state index is 12.5. The Balaban J connectivity index is 1.74. The number of carbonyl (C=O) groups excluding carboxylic acids is 1. The minimum atomic E-state index is -2.98. The summed E-state index contributed by atoms with van der Waals surface area (Å²) < 4.78 is 23.1. The number of anilines is 2. The Labute approximate surface area is 146 Å². The topological polar surface area (TPSA) is 101 Å². The van der Waals surface area contributed by atoms with Gasteiger partial charge in [-0.1, -0.05) is 18.2 Å². The van der Waals surface area contributed by atoms with E-state index < -0.39 is 9.84 Å². The monoisotopic (exact) mass is 360 g/mol. The van der Waals surface area contributed by atoms with Gasteiger partial charge in [0.25, 0.3) is 5.91 Å². The molecule has 8 heteroatoms. The van der Waals surface area contributed by atoms with Crippen LogP contribution in [0, 0.1) is 13.8 Å². The number of carbonyl (C=O) groups is 1. The molecule has 2 aromatic rings. The molecule has 1 aliphatic rings. The number of nitrogens with zero attached hydrogens (tertiary/aromatic N) is 2. The van der Waals surface area contributed by atoms with E-state index in [2.05, 4.69) is 20.6 Å². The van der Waals surface area contributed by atoms with Crippen molar-refractivity contribution in [1.82, 2.24) is 9.97 Å². The van der Waals surface area contributed by atoms with E-state index in [1.165, 1.54) is 12.4 Å². The molecule has 1 atom stereocenters. The highest BCUT2D eigenvalue weighted by Crippen LogP contribution is 2.21. The smallest absolute Gasteiger partial charge is 0.274 e. The minimum Gasteiger partial charge on any atom is -0.366 e. The first-order valence-corrected chi connectivity index (χ1v) is 9.83. The molecule has 25 heavy (non-hydrogen) atoms. The molecule has 1 saturated heterocycles. The summed E-state index contributed by atoms with van der Waals surface area (Å²) in [7, 11) is -2.98. The first kappa shape index (κ1) is 17.3. The van der Waals surface area contributed by atoms with Crippen LogP contribution in [0.5, 0.6) is 0 Å². The Hall–Kier alpha value is -2.48. The predicted molar refractivity (Wildman–Crippen MR) is 96.6 cm³/mol. The zero-order valence-electron chi connectivity index (χ0n) is 14.1. The third-order valence-corrected chi connectivity index (χ3v) is 5.97. The number of benzene rings is 1. The fourth-order valence-electron chi connectivity index (χ4n) is 2.87. The van der Waals surface area contributed by atoms with Gasteiger partial charge in [-0.2, -0.15) is 0 Å². The summed E-state index contributed by atoms with van der Waals surface area (Å²) in [5.74, 6) is 0.377. The van der Waals surface area contributed by atoms with Gasteiger partial charge >= 0.3 is 0 Å². The zero-order valence-corrected chi connectivity index (χ0v) is 14.9. The molecule has 1 aromatic carbocycles. The van der Waals surface area contributed by atoms with Gasteiger partial charge in [-0.25, -0.2) is 18.4 Å². The molecule has 1 aliphatic heterocycles. The summed E-state index contributed by atoms with van der Waals surface area (Å²) in [4.78, 5) is 20.6. The molecule has 2 N–H and O–H groups in total. The number of para-hydroxylation sites is 1. The van der Waals surface area contributed by atoms with Gasteiger partial charge in [0.05, 0.1) is 11.5 Å². The van der Waals surface area contributed by atoms with Gasteiger partial charge in [0.15, 0.2) is 9.84 Å². The lowest BCUT2D eigenvalue weighted by molar-refractivity contribution is 0.102. The Morgan fingerprint density at radius 3 is 2.56 bits per heavy atom. The molecule has 1 fully saturated rings. The summed E-state index contributed by atoms with van der Waals surface area (Å²) in [6.45, 7) is 3.85. The summed E-state index contributed by atoms with van der Waals surface area (Å²) in [6.07, 6.45) is 1.83. The second-order valence-corrected chi connectivity index (χ2v) is 8.48. The van der Waals surface area contributed by atoms with Crippen molar-refractivity contribution in [3.05, 3.63) is 47.4 Å². The van der Waals surface area contributed by atoms with E-state index >= 15 is 0 Å². The van der Waals surface area contributed by atoms with Crippen LogP contribution in [0.25, 0.3) is 0 Å². The van der Waals surface area contributed by atoms with Crippen molar-refractivity contribution in [2.45, 2.75) is 26.3 Å². The molecule has 0 radical (unpaired) electrons. The third-order valence-electron chi connectivity index (χ3n) is 4.20. The number of amides is 1. The van der Waals surface area contributed by atoms with Crippen LogP contribution in [-0.2, 0) is 9.84 Å². The molecule has 7 nitrogen and oxygen atoms in total. The first-order chi connectivity index (χ1) is 11.8. The van der Waals surface area contributed by atoms with Crippen LogP contribution in [0.3, 0.4) is 0 Å². The molecule has 0 aliphatic carbocycles. The largest absolute Gasteiger partial charge is 0.366 e. The van der Waals surface area contributed by atoms with Gasteiger partial charge in [0, 0.05) is 17.8 Å². The molecular weight excluding hydrogens is 340 g/mol. The first-order valence-electron chi connectivity index (χ1n) is 8.00. The Kier molecular flexibility index (Phi) is 4.71. The number of aromatic nitrogens is 2. The minimum absolute atomic E-state index is 0.0843. The van der Waals surface area contributed by atoms with Gasteiger partial charge < -0.3 is 10.6 Å². The Bertz CT molecular complexity index is 892. The van der Waals surface area contributed by atoms with Gasteiger partial charge in [-0.05, 0) is 31.4 Å². The number of aryl methyl sites for hydroxylation is 2. The van der Waals surface area contributed by atoms with E-state index in [1.807, 2.05) is 32.0 Å². The van der Waals surface area contributed by atoms with Crippen LogP contribution < -0.4 is 10.6 Å². The van der Waals surface area contributed by atoms with Crippen LogP contribution >= 0.6 is 0 Å². The van der Waals surface area contributed by atoms with E-state index in [4.69, 9.17) is 0 Å². The second-order valence-electron chi connectivity index (χ2n) is 6.25. The van der Waals surface area contributed by atoms with Gasteiger partial charge in [-0.3, -0.25) is 4.79 Å². The standard InChI is InChI=1S/C17H20N4O3S/c1-11-4-3-5-12(2)16(11)21-17(22)14-8-15(19-10-18-14)20-13-6-7-25(23,24)9-13/h3-5,8,10,13H,6-7,9H2,1-2H3,(H,21,22)(H,18,19,20). The van der Waals surface area contributed by atoms with Crippen molar-refractivity contribution < 1.29 is 13.2 Å². The molecule has 3 rings (SSSR count). The van der Waals surface area contributed by atoms with Crippen molar-refractivity contribution in [2.75, 3.05) is 22.1 Å². The van der Waals surface area contributed by atoms with Crippen LogP contribution in [0.15, 0.2) is 30.6 Å². The lowest BCUT2D eigenvalue weighted by Gasteiger charge is -2.13. The maximum absolute atomic E-state index is 12.5. The number of rotatable bonds is 4. The summed E-state index contributed by atoms with van der Waals surface area (Å²) in [6, 6.07) is 7.14. The van der Waals surface area contributed by atoms with E-state index in [9.17, 15) is 13.2 Å². The highest BCUT2D eigenvalue weighted by molar-refractivity contribution is 7.91. The SMILES string of the molecule is Cc1cccc(C)c1NC(=O)c1cc(NC2CCS(=O)(=O)C2)ncn1. The fraction of sp³-hybridized carbons (Fsp3) is 0.353. The summed E-state index contributed by atoms with van der Waals surface area (Å²) >= 11 is 0. The molecule has 0 saturated carbocycles. The average Bonchev–Trinajstić information content (AvgIpc) is 2.90. The van der Waals surface area contributed by atoms with Crippen molar-refractivity contribution in [3.63, 3.8) is 0 Å². The van der Waals surface area contributed by atoms with Crippen LogP contribution in [0.2, 0.25) is 0 Å². The predicted octanol–water partition coefficient (Wildman–Crippen LogP) is 1.94. The lowest BCUT2D eigenvalue weighted by Crippen LogP contribution is -2.22. The zero-order chi connectivity index (χ0) is 18.0.